The Bertz CT molecular complexity index is 374. The summed E-state index contributed by atoms with van der Waals surface area (Å²) in [6.45, 7) is 2.68. The van der Waals surface area contributed by atoms with E-state index in [1.807, 2.05) is 0 Å². The number of hydrogen-bond donors (Lipinski definition) is 2. The van der Waals surface area contributed by atoms with Gasteiger partial charge in [-0.25, -0.2) is 4.39 Å². The van der Waals surface area contributed by atoms with Crippen LogP contribution in [0, 0.1) is 5.82 Å². The van der Waals surface area contributed by atoms with E-state index in [1.165, 1.54) is 25.0 Å². The van der Waals surface area contributed by atoms with Crippen LogP contribution in [-0.2, 0) is 0 Å². The molecule has 3 heteroatoms. The van der Waals surface area contributed by atoms with Crippen LogP contribution in [-0.4, -0.2) is 17.2 Å². The van der Waals surface area contributed by atoms with Crippen LogP contribution in [0.25, 0.3) is 0 Å². The lowest BCUT2D eigenvalue weighted by Gasteiger charge is -2.27. The Morgan fingerprint density at radius 3 is 2.76 bits per heavy atom. The second-order valence-electron chi connectivity index (χ2n) is 5.22. The number of benzene rings is 1. The molecule has 1 fully saturated rings. The first kappa shape index (κ1) is 12.5. The highest BCUT2D eigenvalue weighted by molar-refractivity contribution is 5.19. The quantitative estimate of drug-likeness (QED) is 0.844. The van der Waals surface area contributed by atoms with E-state index in [-0.39, 0.29) is 11.4 Å². The summed E-state index contributed by atoms with van der Waals surface area (Å²) in [6, 6.07) is 6.17. The molecule has 0 spiro atoms. The zero-order valence-corrected chi connectivity index (χ0v) is 10.2. The van der Waals surface area contributed by atoms with Crippen molar-refractivity contribution in [2.45, 2.75) is 44.2 Å². The summed E-state index contributed by atoms with van der Waals surface area (Å²) in [5, 5.41) is 13.4. The molecule has 2 rings (SSSR count). The molecule has 1 aromatic rings. The standard InChI is InChI=1S/C14H20FNO/c1-14(7-2-3-8-14)16-10-13(17)11-5-4-6-12(15)9-11/h4-6,9,13,16-17H,2-3,7-8,10H2,1H3. The molecule has 0 heterocycles. The summed E-state index contributed by atoms with van der Waals surface area (Å²) >= 11 is 0. The maximum absolute atomic E-state index is 13.0. The fourth-order valence-corrected chi connectivity index (χ4v) is 2.51. The lowest BCUT2D eigenvalue weighted by atomic mass is 10.00. The number of rotatable bonds is 4. The molecule has 1 saturated carbocycles. The molecular weight excluding hydrogens is 217 g/mol. The first-order chi connectivity index (χ1) is 8.09. The first-order valence-electron chi connectivity index (χ1n) is 6.28. The van der Waals surface area contributed by atoms with Crippen molar-refractivity contribution in [2.75, 3.05) is 6.54 Å². The predicted octanol–water partition coefficient (Wildman–Crippen LogP) is 2.78. The maximum atomic E-state index is 13.0. The number of halogens is 1. The van der Waals surface area contributed by atoms with Gasteiger partial charge in [0.05, 0.1) is 6.10 Å². The largest absolute Gasteiger partial charge is 0.387 e. The summed E-state index contributed by atoms with van der Waals surface area (Å²) in [5.74, 6) is -0.298. The minimum atomic E-state index is -0.636. The number of nitrogens with one attached hydrogen (secondary N) is 1. The van der Waals surface area contributed by atoms with Gasteiger partial charge in [0.15, 0.2) is 0 Å². The van der Waals surface area contributed by atoms with E-state index < -0.39 is 6.10 Å². The Balaban J connectivity index is 1.91. The van der Waals surface area contributed by atoms with Crippen molar-refractivity contribution in [2.24, 2.45) is 0 Å². The third-order valence-electron chi connectivity index (χ3n) is 3.66. The van der Waals surface area contributed by atoms with Crippen molar-refractivity contribution < 1.29 is 9.50 Å². The van der Waals surface area contributed by atoms with Crippen LogP contribution in [0.4, 0.5) is 4.39 Å². The van der Waals surface area contributed by atoms with Crippen molar-refractivity contribution in [1.29, 1.82) is 0 Å². The smallest absolute Gasteiger partial charge is 0.123 e. The van der Waals surface area contributed by atoms with Crippen LogP contribution in [0.2, 0.25) is 0 Å². The van der Waals surface area contributed by atoms with Gasteiger partial charge in [0.2, 0.25) is 0 Å². The van der Waals surface area contributed by atoms with E-state index in [1.54, 1.807) is 12.1 Å². The molecule has 2 nitrogen and oxygen atoms in total. The Hall–Kier alpha value is -0.930. The van der Waals surface area contributed by atoms with Crippen molar-refractivity contribution in [1.82, 2.24) is 5.32 Å². The molecule has 1 unspecified atom stereocenters. The minimum Gasteiger partial charge on any atom is -0.387 e. The monoisotopic (exact) mass is 237 g/mol. The lowest BCUT2D eigenvalue weighted by molar-refractivity contribution is 0.158. The number of aliphatic hydroxyl groups is 1. The fourth-order valence-electron chi connectivity index (χ4n) is 2.51. The Morgan fingerprint density at radius 2 is 2.12 bits per heavy atom. The molecule has 0 aliphatic heterocycles. The summed E-state index contributed by atoms with van der Waals surface area (Å²) in [4.78, 5) is 0. The van der Waals surface area contributed by atoms with Gasteiger partial charge >= 0.3 is 0 Å². The molecule has 0 radical (unpaired) electrons. The highest BCUT2D eigenvalue weighted by Gasteiger charge is 2.28. The van der Waals surface area contributed by atoms with Crippen LogP contribution < -0.4 is 5.32 Å². The van der Waals surface area contributed by atoms with E-state index in [4.69, 9.17) is 0 Å². The van der Waals surface area contributed by atoms with Gasteiger partial charge in [-0.3, -0.25) is 0 Å². The van der Waals surface area contributed by atoms with E-state index in [0.29, 0.717) is 12.1 Å². The minimum absolute atomic E-state index is 0.147. The van der Waals surface area contributed by atoms with Gasteiger partial charge in [-0.1, -0.05) is 25.0 Å². The molecule has 1 aliphatic rings. The zero-order valence-electron chi connectivity index (χ0n) is 10.2. The summed E-state index contributed by atoms with van der Waals surface area (Å²) in [7, 11) is 0. The lowest BCUT2D eigenvalue weighted by Crippen LogP contribution is -2.41. The Kier molecular flexibility index (Phi) is 3.79. The van der Waals surface area contributed by atoms with Crippen molar-refractivity contribution in [3.05, 3.63) is 35.6 Å². The molecule has 0 aromatic heterocycles. The SMILES string of the molecule is CC1(NCC(O)c2cccc(F)c2)CCCC1. The molecule has 94 valence electrons. The predicted molar refractivity (Wildman–Crippen MR) is 66.2 cm³/mol. The highest BCUT2D eigenvalue weighted by atomic mass is 19.1. The van der Waals surface area contributed by atoms with E-state index in [9.17, 15) is 9.50 Å². The number of hydrogen-bond acceptors (Lipinski definition) is 2. The Morgan fingerprint density at radius 1 is 1.41 bits per heavy atom. The topological polar surface area (TPSA) is 32.3 Å². The van der Waals surface area contributed by atoms with Crippen LogP contribution in [0.1, 0.15) is 44.3 Å². The molecule has 0 amide bonds. The van der Waals surface area contributed by atoms with Crippen LogP contribution in [0.3, 0.4) is 0 Å². The van der Waals surface area contributed by atoms with Crippen LogP contribution >= 0.6 is 0 Å². The third kappa shape index (κ3) is 3.27. The van der Waals surface area contributed by atoms with E-state index >= 15 is 0 Å². The average Bonchev–Trinajstić information content (AvgIpc) is 2.74. The number of β-amino-alcohol motifs (C(OH)–C–C–N with tert-alkyl or cyclic N) is 1. The van der Waals surface area contributed by atoms with Gasteiger partial charge in [-0.2, -0.15) is 0 Å². The normalized spacial score (nSPS) is 20.4. The summed E-state index contributed by atoms with van der Waals surface area (Å²) < 4.78 is 13.0. The molecule has 2 N–H and O–H groups in total. The van der Waals surface area contributed by atoms with Gasteiger partial charge in [0.1, 0.15) is 5.82 Å². The molecule has 1 aliphatic carbocycles. The van der Waals surface area contributed by atoms with Crippen LogP contribution in [0.15, 0.2) is 24.3 Å². The van der Waals surface area contributed by atoms with Crippen molar-refractivity contribution >= 4 is 0 Å². The van der Waals surface area contributed by atoms with E-state index in [0.717, 1.165) is 12.8 Å². The molecular formula is C14H20FNO. The van der Waals surface area contributed by atoms with Crippen molar-refractivity contribution in [3.8, 4) is 0 Å². The van der Waals surface area contributed by atoms with Gasteiger partial charge in [0.25, 0.3) is 0 Å². The van der Waals surface area contributed by atoms with Crippen LogP contribution in [0.5, 0.6) is 0 Å². The zero-order chi connectivity index (χ0) is 12.3. The average molecular weight is 237 g/mol. The highest BCUT2D eigenvalue weighted by Crippen LogP contribution is 2.29. The number of aliphatic hydroxyl groups excluding tert-OH is 1. The van der Waals surface area contributed by atoms with Gasteiger partial charge in [0, 0.05) is 12.1 Å². The molecule has 1 atom stereocenters. The second kappa shape index (κ2) is 5.15. The summed E-state index contributed by atoms with van der Waals surface area (Å²) in [5.41, 5.74) is 0.785. The van der Waals surface area contributed by atoms with Crippen molar-refractivity contribution in [3.63, 3.8) is 0 Å². The first-order valence-corrected chi connectivity index (χ1v) is 6.28. The summed E-state index contributed by atoms with van der Waals surface area (Å²) in [6.07, 6.45) is 4.17. The van der Waals surface area contributed by atoms with Gasteiger partial charge < -0.3 is 10.4 Å². The fraction of sp³-hybridized carbons (Fsp3) is 0.571. The second-order valence-corrected chi connectivity index (χ2v) is 5.22. The maximum Gasteiger partial charge on any atom is 0.123 e. The molecule has 1 aromatic carbocycles. The Labute approximate surface area is 102 Å². The molecule has 17 heavy (non-hydrogen) atoms. The molecule has 0 saturated heterocycles. The molecule has 0 bridgehead atoms. The van der Waals surface area contributed by atoms with Gasteiger partial charge in [-0.15, -0.1) is 0 Å². The van der Waals surface area contributed by atoms with E-state index in [2.05, 4.69) is 12.2 Å². The third-order valence-corrected chi connectivity index (χ3v) is 3.66. The van der Waals surface area contributed by atoms with Gasteiger partial charge in [-0.05, 0) is 37.5 Å².